The number of H-pyrrole nitrogens is 1. The zero-order chi connectivity index (χ0) is 22.0. The maximum Gasteiger partial charge on any atom is 0.152 e. The minimum absolute atomic E-state index is 0.295. The van der Waals surface area contributed by atoms with Crippen LogP contribution in [0.3, 0.4) is 0 Å². The van der Waals surface area contributed by atoms with E-state index in [1.165, 1.54) is 12.1 Å². The number of aromatic amines is 1. The molecule has 0 unspecified atom stereocenters. The van der Waals surface area contributed by atoms with Crippen LogP contribution in [0.2, 0.25) is 5.02 Å². The van der Waals surface area contributed by atoms with Crippen LogP contribution in [-0.2, 0) is 6.61 Å². The van der Waals surface area contributed by atoms with Crippen LogP contribution >= 0.6 is 43.5 Å². The van der Waals surface area contributed by atoms with E-state index in [0.717, 1.165) is 10.0 Å². The number of hydrogen-bond acceptors (Lipinski definition) is 3. The van der Waals surface area contributed by atoms with Crippen LogP contribution < -0.4 is 4.74 Å². The van der Waals surface area contributed by atoms with Crippen molar-refractivity contribution >= 4 is 66.1 Å². The molecule has 0 aliphatic heterocycles. The van der Waals surface area contributed by atoms with E-state index in [4.69, 9.17) is 16.3 Å². The molecule has 0 amide bonds. The van der Waals surface area contributed by atoms with Gasteiger partial charge in [0, 0.05) is 4.47 Å². The number of fused-ring (bicyclic) bond motifs is 1. The molecule has 4 rings (SSSR count). The molecule has 3 aromatic carbocycles. The Labute approximate surface area is 199 Å². The van der Waals surface area contributed by atoms with Crippen molar-refractivity contribution in [3.05, 3.63) is 91.3 Å². The van der Waals surface area contributed by atoms with E-state index in [2.05, 4.69) is 47.9 Å². The minimum atomic E-state index is -0.375. The van der Waals surface area contributed by atoms with Crippen molar-refractivity contribution in [1.82, 2.24) is 9.97 Å². The van der Waals surface area contributed by atoms with Crippen LogP contribution in [0.25, 0.3) is 22.7 Å². The first-order valence-corrected chi connectivity index (χ1v) is 11.0. The van der Waals surface area contributed by atoms with E-state index in [9.17, 15) is 9.65 Å². The summed E-state index contributed by atoms with van der Waals surface area (Å²) in [4.78, 5) is 7.34. The van der Waals surface area contributed by atoms with Crippen molar-refractivity contribution < 1.29 is 9.13 Å². The predicted octanol–water partition coefficient (Wildman–Crippen LogP) is 7.52. The summed E-state index contributed by atoms with van der Waals surface area (Å²) in [6.45, 7) is 0.361. The van der Waals surface area contributed by atoms with Gasteiger partial charge in [-0.2, -0.15) is 5.26 Å². The Morgan fingerprint density at radius 2 is 1.94 bits per heavy atom. The van der Waals surface area contributed by atoms with Gasteiger partial charge in [0.1, 0.15) is 24.3 Å². The summed E-state index contributed by atoms with van der Waals surface area (Å²) in [5, 5.41) is 10.0. The zero-order valence-electron chi connectivity index (χ0n) is 15.8. The normalized spacial score (nSPS) is 11.5. The maximum absolute atomic E-state index is 13.4. The number of nitrogens with zero attached hydrogens (tertiary/aromatic N) is 2. The average molecular weight is 562 g/mol. The second kappa shape index (κ2) is 9.23. The fraction of sp³-hybridized carbons (Fsp3) is 0.0435. The molecular formula is C23H13Br2ClFN3O. The first-order valence-electron chi connectivity index (χ1n) is 9.06. The smallest absolute Gasteiger partial charge is 0.152 e. The lowest BCUT2D eigenvalue weighted by atomic mass is 10.1. The van der Waals surface area contributed by atoms with E-state index in [0.29, 0.717) is 49.8 Å². The van der Waals surface area contributed by atoms with Crippen LogP contribution in [0.4, 0.5) is 4.39 Å². The summed E-state index contributed by atoms with van der Waals surface area (Å²) < 4.78 is 21.0. The molecule has 4 nitrogen and oxygen atoms in total. The second-order valence-corrected chi connectivity index (χ2v) is 8.82. The fourth-order valence-corrected chi connectivity index (χ4v) is 4.22. The number of allylic oxidation sites excluding steroid dienone is 1. The first kappa shape index (κ1) is 21.6. The number of ether oxygens (including phenoxy) is 1. The third-order valence-corrected chi connectivity index (χ3v) is 5.85. The van der Waals surface area contributed by atoms with Gasteiger partial charge in [0.15, 0.2) is 5.75 Å². The molecule has 8 heteroatoms. The van der Waals surface area contributed by atoms with Crippen molar-refractivity contribution in [3.63, 3.8) is 0 Å². The predicted molar refractivity (Wildman–Crippen MR) is 127 cm³/mol. The Hall–Kier alpha value is -2.66. The van der Waals surface area contributed by atoms with Gasteiger partial charge in [0.05, 0.1) is 26.1 Å². The molecule has 0 atom stereocenters. The molecule has 0 fully saturated rings. The summed E-state index contributed by atoms with van der Waals surface area (Å²) in [6, 6.07) is 17.7. The van der Waals surface area contributed by atoms with Gasteiger partial charge in [0.25, 0.3) is 0 Å². The third-order valence-electron chi connectivity index (χ3n) is 4.45. The van der Waals surface area contributed by atoms with Gasteiger partial charge < -0.3 is 9.72 Å². The summed E-state index contributed by atoms with van der Waals surface area (Å²) in [5.41, 5.74) is 3.09. The average Bonchev–Trinajstić information content (AvgIpc) is 3.15. The molecule has 0 radical (unpaired) electrons. The van der Waals surface area contributed by atoms with Gasteiger partial charge in [-0.15, -0.1) is 0 Å². The van der Waals surface area contributed by atoms with Crippen LogP contribution in [0.15, 0.2) is 63.5 Å². The molecule has 0 spiro atoms. The lowest BCUT2D eigenvalue weighted by Crippen LogP contribution is -1.97. The number of rotatable bonds is 5. The number of aromatic nitrogens is 2. The van der Waals surface area contributed by atoms with Gasteiger partial charge >= 0.3 is 0 Å². The van der Waals surface area contributed by atoms with Crippen molar-refractivity contribution in [1.29, 1.82) is 5.26 Å². The summed E-state index contributed by atoms with van der Waals surface area (Å²) >= 11 is 13.3. The summed E-state index contributed by atoms with van der Waals surface area (Å²) in [5.74, 6) is 0.491. The van der Waals surface area contributed by atoms with Crippen LogP contribution in [0.1, 0.15) is 17.0 Å². The van der Waals surface area contributed by atoms with Gasteiger partial charge in [-0.3, -0.25) is 0 Å². The van der Waals surface area contributed by atoms with Crippen molar-refractivity contribution in [2.45, 2.75) is 6.61 Å². The molecule has 0 saturated heterocycles. The molecule has 0 aliphatic carbocycles. The fourth-order valence-electron chi connectivity index (χ4n) is 2.97. The van der Waals surface area contributed by atoms with E-state index < -0.39 is 0 Å². The Bertz CT molecular complexity index is 1320. The Morgan fingerprint density at radius 1 is 1.16 bits per heavy atom. The van der Waals surface area contributed by atoms with Gasteiger partial charge in [-0.1, -0.05) is 39.7 Å². The number of halogens is 4. The number of imidazole rings is 1. The molecule has 0 saturated carbocycles. The highest BCUT2D eigenvalue weighted by atomic mass is 79.9. The highest BCUT2D eigenvalue weighted by molar-refractivity contribution is 9.10. The third kappa shape index (κ3) is 4.99. The van der Waals surface area contributed by atoms with Crippen molar-refractivity contribution in [3.8, 4) is 11.8 Å². The molecule has 1 aromatic heterocycles. The van der Waals surface area contributed by atoms with Crippen LogP contribution in [-0.4, -0.2) is 9.97 Å². The highest BCUT2D eigenvalue weighted by Gasteiger charge is 2.12. The van der Waals surface area contributed by atoms with E-state index >= 15 is 0 Å². The Morgan fingerprint density at radius 3 is 2.65 bits per heavy atom. The Kier molecular flexibility index (Phi) is 6.42. The standard InChI is InChI=1S/C23H13Br2ClFN3O/c24-16-3-1-13(2-4-16)12-31-22-18(25)8-14(9-19(22)26)7-15(11-28)23-29-20-6-5-17(27)10-21(20)30-23/h1-10H,12H2,(H,29,30)/b15-7-. The van der Waals surface area contributed by atoms with E-state index in [-0.39, 0.29) is 5.82 Å². The quantitative estimate of drug-likeness (QED) is 0.256. The maximum atomic E-state index is 13.4. The van der Waals surface area contributed by atoms with Gasteiger partial charge in [-0.05, 0) is 75.6 Å². The molecule has 1 N–H and O–H groups in total. The van der Waals surface area contributed by atoms with Gasteiger partial charge in [0.2, 0.25) is 0 Å². The van der Waals surface area contributed by atoms with Crippen molar-refractivity contribution in [2.75, 3.05) is 0 Å². The highest BCUT2D eigenvalue weighted by Crippen LogP contribution is 2.36. The molecule has 1 heterocycles. The molecule has 0 bridgehead atoms. The molecule has 4 aromatic rings. The molecule has 154 valence electrons. The monoisotopic (exact) mass is 559 g/mol. The first-order chi connectivity index (χ1) is 14.9. The van der Waals surface area contributed by atoms with E-state index in [1.807, 2.05) is 30.3 Å². The van der Waals surface area contributed by atoms with Gasteiger partial charge in [-0.25, -0.2) is 9.37 Å². The number of nitrogens with one attached hydrogen (secondary N) is 1. The lowest BCUT2D eigenvalue weighted by molar-refractivity contribution is 0.304. The van der Waals surface area contributed by atoms with E-state index in [1.54, 1.807) is 18.2 Å². The lowest BCUT2D eigenvalue weighted by Gasteiger charge is -2.11. The number of benzene rings is 3. The summed E-state index contributed by atoms with van der Waals surface area (Å²) in [6.07, 6.45) is 1.66. The zero-order valence-corrected chi connectivity index (χ0v) is 19.7. The number of hydrogen-bond donors (Lipinski definition) is 1. The number of nitriles is 1. The van der Waals surface area contributed by atoms with Crippen LogP contribution in [0, 0.1) is 17.1 Å². The Balaban J connectivity index is 1.60. The SMILES string of the molecule is N#C/C(=C/c1cc(Cl)c(OCc2ccc(Br)cc2)c(Br)c1)c1nc2ccc(F)cc2[nH]1. The topological polar surface area (TPSA) is 61.7 Å². The minimum Gasteiger partial charge on any atom is -0.486 e. The van der Waals surface area contributed by atoms with Crippen molar-refractivity contribution in [2.24, 2.45) is 0 Å². The summed E-state index contributed by atoms with van der Waals surface area (Å²) in [7, 11) is 0. The molecule has 0 aliphatic rings. The largest absolute Gasteiger partial charge is 0.486 e. The second-order valence-electron chi connectivity index (χ2n) is 6.65. The molecular weight excluding hydrogens is 549 g/mol. The molecule has 31 heavy (non-hydrogen) atoms. The van der Waals surface area contributed by atoms with Crippen LogP contribution in [0.5, 0.6) is 5.75 Å².